The number of benzene rings is 1. The fraction of sp³-hybridized carbons (Fsp3) is 0.667. The van der Waals surface area contributed by atoms with Crippen molar-refractivity contribution in [3.05, 3.63) is 57.8 Å². The smallest absolute Gasteiger partial charge is 0.410 e. The lowest BCUT2D eigenvalue weighted by Gasteiger charge is -2.47. The van der Waals surface area contributed by atoms with Crippen LogP contribution < -0.4 is 5.32 Å². The number of thiophene rings is 1. The molecule has 13 atom stereocenters. The summed E-state index contributed by atoms with van der Waals surface area (Å²) in [6, 6.07) is 13.7. The zero-order valence-electron chi connectivity index (χ0n) is 38.2. The number of ether oxygens (including phenoxy) is 5. The topological polar surface area (TPSA) is 148 Å². The lowest BCUT2D eigenvalue weighted by Crippen LogP contribution is -2.60. The van der Waals surface area contributed by atoms with E-state index in [4.69, 9.17) is 28.7 Å². The van der Waals surface area contributed by atoms with Crippen molar-refractivity contribution < 1.29 is 43.2 Å². The van der Waals surface area contributed by atoms with E-state index in [0.717, 1.165) is 30.1 Å². The van der Waals surface area contributed by atoms with E-state index in [9.17, 15) is 19.5 Å². The first-order chi connectivity index (χ1) is 29.5. The van der Waals surface area contributed by atoms with Crippen LogP contribution in [0.3, 0.4) is 0 Å². The van der Waals surface area contributed by atoms with E-state index in [1.54, 1.807) is 30.1 Å². The molecule has 13 nitrogen and oxygen atoms in total. The number of ketones is 1. The Labute approximate surface area is 372 Å². The molecule has 3 saturated heterocycles. The molecule has 1 amide bonds. The second kappa shape index (κ2) is 20.4. The van der Waals surface area contributed by atoms with Crippen LogP contribution in [0.25, 0.3) is 0 Å². The highest BCUT2D eigenvalue weighted by molar-refractivity contribution is 7.12. The van der Waals surface area contributed by atoms with Crippen LogP contribution in [0.15, 0.2) is 47.5 Å². The molecule has 4 aliphatic rings. The van der Waals surface area contributed by atoms with Crippen LogP contribution in [0.1, 0.15) is 90.0 Å². The predicted octanol–water partition coefficient (Wildman–Crippen LogP) is 5.89. The number of esters is 1. The van der Waals surface area contributed by atoms with Crippen molar-refractivity contribution in [2.75, 3.05) is 40.3 Å². The number of hydrogen-bond donors (Lipinski definition) is 2. The Bertz CT molecular complexity index is 1960. The van der Waals surface area contributed by atoms with Gasteiger partial charge in [-0.05, 0) is 97.6 Å². The van der Waals surface area contributed by atoms with E-state index < -0.39 is 71.5 Å². The molecule has 1 aromatic heterocycles. The Hall–Kier alpha value is -3.68. The zero-order valence-corrected chi connectivity index (χ0v) is 39.0. The van der Waals surface area contributed by atoms with Crippen LogP contribution >= 0.6 is 11.3 Å². The molecular formula is C48H68N4O9S. The van der Waals surface area contributed by atoms with E-state index in [0.29, 0.717) is 32.4 Å². The molecule has 0 spiro atoms. The van der Waals surface area contributed by atoms with Crippen molar-refractivity contribution in [3.8, 4) is 11.8 Å². The van der Waals surface area contributed by atoms with Gasteiger partial charge in [-0.25, -0.2) is 4.79 Å². The van der Waals surface area contributed by atoms with Gasteiger partial charge in [0.2, 0.25) is 0 Å². The van der Waals surface area contributed by atoms with Gasteiger partial charge in [-0.3, -0.25) is 19.5 Å². The van der Waals surface area contributed by atoms with Crippen LogP contribution in [0.5, 0.6) is 0 Å². The maximum absolute atomic E-state index is 14.6. The van der Waals surface area contributed by atoms with Crippen LogP contribution in [0.2, 0.25) is 0 Å². The number of carbonyl (C=O) groups is 3. The van der Waals surface area contributed by atoms with Gasteiger partial charge in [0.15, 0.2) is 17.7 Å². The number of likely N-dealkylation sites (N-methyl/N-ethyl adjacent to an activating group) is 1. The Kier molecular flexibility index (Phi) is 15.8. The first kappa shape index (κ1) is 47.8. The third kappa shape index (κ3) is 10.5. The number of nitrogens with one attached hydrogen (secondary N) is 1. The lowest BCUT2D eigenvalue weighted by molar-refractivity contribution is -0.296. The molecule has 340 valence electrons. The Balaban J connectivity index is 1.32. The summed E-state index contributed by atoms with van der Waals surface area (Å²) < 4.78 is 32.4. The maximum atomic E-state index is 14.6. The average Bonchev–Trinajstić information content (AvgIpc) is 3.74. The van der Waals surface area contributed by atoms with Gasteiger partial charge < -0.3 is 39.0 Å². The van der Waals surface area contributed by atoms with Crippen LogP contribution in [-0.4, -0.2) is 133 Å². The van der Waals surface area contributed by atoms with Gasteiger partial charge in [0.1, 0.15) is 24.7 Å². The number of aliphatic imine (C=N–C) groups is 1. The number of carbonyl (C=O) groups excluding carboxylic acids is 3. The largest absolute Gasteiger partial charge is 0.458 e. The summed E-state index contributed by atoms with van der Waals surface area (Å²) in [5, 5.41) is 15.2. The summed E-state index contributed by atoms with van der Waals surface area (Å²) >= 11 is 1.62. The summed E-state index contributed by atoms with van der Waals surface area (Å²) in [5.41, 5.74) is -0.267. The van der Waals surface area contributed by atoms with Crippen molar-refractivity contribution in [2.45, 2.75) is 142 Å². The number of cyclic esters (lactones) is 1. The van der Waals surface area contributed by atoms with Gasteiger partial charge in [0.05, 0.1) is 35.3 Å². The summed E-state index contributed by atoms with van der Waals surface area (Å²) in [6.07, 6.45) is -2.45. The van der Waals surface area contributed by atoms with E-state index in [1.807, 2.05) is 58.8 Å². The van der Waals surface area contributed by atoms with E-state index >= 15 is 0 Å². The standard InChI is InChI=1S/C48H68N4O9S/c1-11-38-48(8)42-31(4)39(50-23-24-52(42)46(56)61-48)29(2)27-47(7,57-25-15-18-35-19-20-36(62-35)28-49-22-21-34-16-13-12-14-17-34)43(32(5)40(53)33(6)44(55)59-38)60-45-41(54)37(51(9)10)26-30(3)58-45/h12-14,16-17,19-20,29-33,37-38,41-43,45,49,54H,11,21-28H2,1-10H3/t29-,30-,31-,32+,33-,37+,38+,41-,42-,43-,45+,47+,48-/m1/s1. The number of nitrogens with zero attached hydrogens (tertiary/aromatic N) is 3. The highest BCUT2D eigenvalue weighted by Gasteiger charge is 2.60. The molecular weight excluding hydrogens is 809 g/mol. The number of amides is 1. The van der Waals surface area contributed by atoms with Crippen molar-refractivity contribution >= 4 is 34.9 Å². The molecule has 3 fully saturated rings. The molecule has 0 saturated carbocycles. The summed E-state index contributed by atoms with van der Waals surface area (Å²) in [6.45, 7) is 17.3. The first-order valence-electron chi connectivity index (χ1n) is 22.4. The highest BCUT2D eigenvalue weighted by atomic mass is 32.1. The van der Waals surface area contributed by atoms with Crippen LogP contribution in [0.4, 0.5) is 4.79 Å². The molecule has 14 heteroatoms. The minimum atomic E-state index is -1.23. The van der Waals surface area contributed by atoms with Crippen LogP contribution in [-0.2, 0) is 46.2 Å². The lowest BCUT2D eigenvalue weighted by atomic mass is 9.73. The molecule has 2 aromatic rings. The van der Waals surface area contributed by atoms with E-state index in [-0.39, 0.29) is 30.6 Å². The number of hydrogen-bond acceptors (Lipinski definition) is 13. The molecule has 4 aliphatic heterocycles. The van der Waals surface area contributed by atoms with Gasteiger partial charge in [0, 0.05) is 41.6 Å². The summed E-state index contributed by atoms with van der Waals surface area (Å²) in [7, 11) is 3.81. The van der Waals surface area contributed by atoms with Crippen molar-refractivity contribution in [1.29, 1.82) is 0 Å². The third-order valence-electron chi connectivity index (χ3n) is 13.4. The van der Waals surface area contributed by atoms with Gasteiger partial charge in [0.25, 0.3) is 0 Å². The molecule has 0 aliphatic carbocycles. The van der Waals surface area contributed by atoms with Gasteiger partial charge >= 0.3 is 12.1 Å². The van der Waals surface area contributed by atoms with E-state index in [2.05, 4.69) is 61.3 Å². The molecule has 1 aromatic carbocycles. The fourth-order valence-corrected chi connectivity index (χ4v) is 11.1. The van der Waals surface area contributed by atoms with Crippen molar-refractivity contribution in [2.24, 2.45) is 28.7 Å². The first-order valence-corrected chi connectivity index (χ1v) is 23.2. The average molecular weight is 877 g/mol. The monoisotopic (exact) mass is 876 g/mol. The normalized spacial score (nSPS) is 35.6. The minimum absolute atomic E-state index is 0.00593. The molecule has 2 N–H and O–H groups in total. The number of fused-ring (bicyclic) bond motifs is 1. The molecule has 5 heterocycles. The molecule has 6 rings (SSSR count). The summed E-state index contributed by atoms with van der Waals surface area (Å²) in [5.74, 6) is 2.74. The Morgan fingerprint density at radius 3 is 2.50 bits per heavy atom. The molecule has 62 heavy (non-hydrogen) atoms. The van der Waals surface area contributed by atoms with Crippen molar-refractivity contribution in [3.63, 3.8) is 0 Å². The van der Waals surface area contributed by atoms with Crippen LogP contribution in [0, 0.1) is 35.5 Å². The SMILES string of the molecule is CC[C@@H]1OC(=O)[C@H](C)C(=O)[C@H](C)[C@@H](O[C@@H]2O[C@H](C)C[C@H](N(C)C)[C@H]2O)[C@@](C)(OCC#Cc2ccc(CNCCc3ccccc3)s2)C[C@@H](C)C2=NCCN3C(=O)O[C@@]1(C)[C@H]3[C@@H]2C. The maximum Gasteiger partial charge on any atom is 0.410 e. The third-order valence-corrected chi connectivity index (χ3v) is 14.4. The van der Waals surface area contributed by atoms with Gasteiger partial charge in [-0.15, -0.1) is 11.3 Å². The Morgan fingerprint density at radius 2 is 1.79 bits per heavy atom. The number of aliphatic hydroxyl groups is 1. The molecule has 0 radical (unpaired) electrons. The highest BCUT2D eigenvalue weighted by Crippen LogP contribution is 2.44. The second-order valence-electron chi connectivity index (χ2n) is 18.3. The minimum Gasteiger partial charge on any atom is -0.458 e. The number of rotatable bonds is 11. The summed E-state index contributed by atoms with van der Waals surface area (Å²) in [4.78, 5) is 53.0. The van der Waals surface area contributed by atoms with Gasteiger partial charge in [-0.2, -0.15) is 0 Å². The molecule has 0 unspecified atom stereocenters. The zero-order chi connectivity index (χ0) is 44.9. The predicted molar refractivity (Wildman–Crippen MR) is 239 cm³/mol. The number of aliphatic hydroxyl groups excluding tert-OH is 1. The second-order valence-corrected chi connectivity index (χ2v) is 19.5. The number of Topliss-reactive ketones (excluding diaryl/α,β-unsaturated/α-hetero) is 1. The van der Waals surface area contributed by atoms with E-state index in [1.165, 1.54) is 10.4 Å². The quantitative estimate of drug-likeness (QED) is 0.121. The fourth-order valence-electron chi connectivity index (χ4n) is 10.2. The van der Waals surface area contributed by atoms with Crippen molar-refractivity contribution in [1.82, 2.24) is 15.1 Å². The Morgan fingerprint density at radius 1 is 1.05 bits per heavy atom. The molecule has 2 bridgehead atoms. The van der Waals surface area contributed by atoms with Gasteiger partial charge in [-0.1, -0.05) is 69.9 Å².